The number of alkyl halides is 3. The number of nitrogen functional groups attached to an aromatic ring is 1. The van der Waals surface area contributed by atoms with Crippen LogP contribution < -0.4 is 5.73 Å². The molecule has 1 heterocycles. The summed E-state index contributed by atoms with van der Waals surface area (Å²) >= 11 is 0. The molecule has 2 aromatic carbocycles. The Bertz CT molecular complexity index is 773. The Hall–Kier alpha value is -2.50. The van der Waals surface area contributed by atoms with E-state index in [0.29, 0.717) is 12.4 Å². The Labute approximate surface area is 118 Å². The molecule has 6 heteroatoms. The van der Waals surface area contributed by atoms with E-state index < -0.39 is 11.7 Å². The van der Waals surface area contributed by atoms with Gasteiger partial charge in [-0.2, -0.15) is 18.3 Å². The van der Waals surface area contributed by atoms with Gasteiger partial charge in [0.25, 0.3) is 0 Å². The first kappa shape index (κ1) is 13.5. The molecule has 3 rings (SSSR count). The number of rotatable bonds is 2. The number of para-hydroxylation sites is 1. The van der Waals surface area contributed by atoms with Crippen LogP contribution in [0.1, 0.15) is 11.1 Å². The van der Waals surface area contributed by atoms with E-state index in [4.69, 9.17) is 5.73 Å². The van der Waals surface area contributed by atoms with Gasteiger partial charge < -0.3 is 5.73 Å². The zero-order valence-corrected chi connectivity index (χ0v) is 10.9. The van der Waals surface area contributed by atoms with Gasteiger partial charge in [-0.1, -0.05) is 24.3 Å². The van der Waals surface area contributed by atoms with Crippen LogP contribution in [0.5, 0.6) is 0 Å². The fourth-order valence-electron chi connectivity index (χ4n) is 2.25. The fraction of sp³-hybridized carbons (Fsp3) is 0.133. The Morgan fingerprint density at radius 3 is 2.33 bits per heavy atom. The highest BCUT2D eigenvalue weighted by Gasteiger charge is 2.29. The Morgan fingerprint density at radius 2 is 1.67 bits per heavy atom. The second-order valence-corrected chi connectivity index (χ2v) is 4.75. The predicted octanol–water partition coefficient (Wildman–Crippen LogP) is 3.69. The lowest BCUT2D eigenvalue weighted by atomic mass is 10.1. The number of halogens is 3. The summed E-state index contributed by atoms with van der Waals surface area (Å²) in [5, 5.41) is 5.07. The normalized spacial score (nSPS) is 12.0. The van der Waals surface area contributed by atoms with Crippen molar-refractivity contribution >= 4 is 16.7 Å². The number of hydrogen-bond donors (Lipinski definition) is 1. The summed E-state index contributed by atoms with van der Waals surface area (Å²) in [4.78, 5) is 0. The zero-order valence-electron chi connectivity index (χ0n) is 10.9. The number of fused-ring (bicyclic) bond motifs is 1. The van der Waals surface area contributed by atoms with Crippen molar-refractivity contribution in [3.05, 3.63) is 59.7 Å². The van der Waals surface area contributed by atoms with Gasteiger partial charge in [-0.3, -0.25) is 4.68 Å². The third-order valence-corrected chi connectivity index (χ3v) is 3.30. The van der Waals surface area contributed by atoms with Crippen LogP contribution in [-0.4, -0.2) is 9.78 Å². The first-order valence-electron chi connectivity index (χ1n) is 6.32. The van der Waals surface area contributed by atoms with E-state index >= 15 is 0 Å². The molecular weight excluding hydrogens is 279 g/mol. The van der Waals surface area contributed by atoms with Crippen LogP contribution in [0.15, 0.2) is 48.5 Å². The lowest BCUT2D eigenvalue weighted by Gasteiger charge is -2.08. The smallest absolute Gasteiger partial charge is 0.382 e. The van der Waals surface area contributed by atoms with Crippen molar-refractivity contribution in [3.8, 4) is 0 Å². The summed E-state index contributed by atoms with van der Waals surface area (Å²) < 4.78 is 39.3. The van der Waals surface area contributed by atoms with E-state index in [2.05, 4.69) is 5.10 Å². The molecule has 108 valence electrons. The Kier molecular flexibility index (Phi) is 3.08. The lowest BCUT2D eigenvalue weighted by molar-refractivity contribution is -0.137. The molecular formula is C15H12F3N3. The van der Waals surface area contributed by atoms with Gasteiger partial charge in [0.1, 0.15) is 0 Å². The molecule has 0 aliphatic rings. The topological polar surface area (TPSA) is 43.8 Å². The van der Waals surface area contributed by atoms with Crippen molar-refractivity contribution < 1.29 is 13.2 Å². The standard InChI is InChI=1S/C15H12F3N3/c16-15(17,18)11-7-5-10(6-8-11)9-21-13-4-2-1-3-12(13)14(19)20-21/h1-8H,9H2,(H2,19,20). The minimum Gasteiger partial charge on any atom is -0.382 e. The Morgan fingerprint density at radius 1 is 1.00 bits per heavy atom. The molecule has 1 aromatic heterocycles. The lowest BCUT2D eigenvalue weighted by Crippen LogP contribution is -2.06. The maximum atomic E-state index is 12.5. The van der Waals surface area contributed by atoms with E-state index in [0.717, 1.165) is 28.6 Å². The monoisotopic (exact) mass is 291 g/mol. The number of nitrogens with zero attached hydrogens (tertiary/aromatic N) is 2. The molecule has 3 aromatic rings. The SMILES string of the molecule is Nc1nn(Cc2ccc(C(F)(F)F)cc2)c2ccccc12. The summed E-state index contributed by atoms with van der Waals surface area (Å²) in [6.07, 6.45) is -4.32. The number of aromatic nitrogens is 2. The van der Waals surface area contributed by atoms with Crippen LogP contribution in [0.4, 0.5) is 19.0 Å². The van der Waals surface area contributed by atoms with Gasteiger partial charge in [0.05, 0.1) is 17.6 Å². The molecule has 0 radical (unpaired) electrons. The molecule has 0 bridgehead atoms. The predicted molar refractivity (Wildman–Crippen MR) is 74.7 cm³/mol. The first-order chi connectivity index (χ1) is 9.95. The summed E-state index contributed by atoms with van der Waals surface area (Å²) in [5.41, 5.74) is 6.76. The maximum absolute atomic E-state index is 12.5. The van der Waals surface area contributed by atoms with E-state index in [1.54, 1.807) is 4.68 Å². The van der Waals surface area contributed by atoms with Gasteiger partial charge in [-0.05, 0) is 29.8 Å². The fourth-order valence-corrected chi connectivity index (χ4v) is 2.25. The van der Waals surface area contributed by atoms with Gasteiger partial charge in [0.15, 0.2) is 5.82 Å². The van der Waals surface area contributed by atoms with Gasteiger partial charge in [0, 0.05) is 5.39 Å². The molecule has 0 atom stereocenters. The molecule has 0 aliphatic heterocycles. The molecule has 0 unspecified atom stereocenters. The quantitative estimate of drug-likeness (QED) is 0.782. The van der Waals surface area contributed by atoms with Crippen molar-refractivity contribution in [2.24, 2.45) is 0 Å². The van der Waals surface area contributed by atoms with Crippen molar-refractivity contribution in [2.45, 2.75) is 12.7 Å². The van der Waals surface area contributed by atoms with Crippen molar-refractivity contribution in [2.75, 3.05) is 5.73 Å². The van der Waals surface area contributed by atoms with Crippen LogP contribution in [0, 0.1) is 0 Å². The highest BCUT2D eigenvalue weighted by atomic mass is 19.4. The highest BCUT2D eigenvalue weighted by molar-refractivity contribution is 5.89. The molecule has 0 fully saturated rings. The summed E-state index contributed by atoms with van der Waals surface area (Å²) in [6.45, 7) is 0.371. The number of benzene rings is 2. The molecule has 2 N–H and O–H groups in total. The van der Waals surface area contributed by atoms with E-state index in [-0.39, 0.29) is 0 Å². The minimum absolute atomic E-state index is 0.371. The number of hydrogen-bond acceptors (Lipinski definition) is 2. The van der Waals surface area contributed by atoms with E-state index in [9.17, 15) is 13.2 Å². The highest BCUT2D eigenvalue weighted by Crippen LogP contribution is 2.29. The maximum Gasteiger partial charge on any atom is 0.416 e. The molecule has 0 amide bonds. The van der Waals surface area contributed by atoms with E-state index in [1.165, 1.54) is 12.1 Å². The Balaban J connectivity index is 1.92. The number of nitrogens with two attached hydrogens (primary N) is 1. The van der Waals surface area contributed by atoms with Gasteiger partial charge in [-0.15, -0.1) is 0 Å². The zero-order chi connectivity index (χ0) is 15.0. The molecule has 0 saturated carbocycles. The van der Waals surface area contributed by atoms with Gasteiger partial charge >= 0.3 is 6.18 Å². The summed E-state index contributed by atoms with van der Waals surface area (Å²) in [7, 11) is 0. The van der Waals surface area contributed by atoms with Gasteiger partial charge in [0.2, 0.25) is 0 Å². The molecule has 0 saturated heterocycles. The van der Waals surface area contributed by atoms with Crippen molar-refractivity contribution in [1.82, 2.24) is 9.78 Å². The average molecular weight is 291 g/mol. The van der Waals surface area contributed by atoms with Crippen LogP contribution in [-0.2, 0) is 12.7 Å². The van der Waals surface area contributed by atoms with Gasteiger partial charge in [-0.25, -0.2) is 0 Å². The van der Waals surface area contributed by atoms with Crippen molar-refractivity contribution in [1.29, 1.82) is 0 Å². The summed E-state index contributed by atoms with van der Waals surface area (Å²) in [5.74, 6) is 0.414. The largest absolute Gasteiger partial charge is 0.416 e. The second-order valence-electron chi connectivity index (χ2n) is 4.75. The first-order valence-corrected chi connectivity index (χ1v) is 6.32. The van der Waals surface area contributed by atoms with Crippen LogP contribution in [0.25, 0.3) is 10.9 Å². The molecule has 0 spiro atoms. The third kappa shape index (κ3) is 2.56. The average Bonchev–Trinajstić information content (AvgIpc) is 2.76. The third-order valence-electron chi connectivity index (χ3n) is 3.30. The summed E-state index contributed by atoms with van der Waals surface area (Å²) in [6, 6.07) is 12.5. The molecule has 0 aliphatic carbocycles. The van der Waals surface area contributed by atoms with Crippen molar-refractivity contribution in [3.63, 3.8) is 0 Å². The second kappa shape index (κ2) is 4.80. The molecule has 3 nitrogen and oxygen atoms in total. The molecule has 21 heavy (non-hydrogen) atoms. The van der Waals surface area contributed by atoms with Crippen LogP contribution >= 0.6 is 0 Å². The van der Waals surface area contributed by atoms with Crippen LogP contribution in [0.3, 0.4) is 0 Å². The minimum atomic E-state index is -4.32. The van der Waals surface area contributed by atoms with E-state index in [1.807, 2.05) is 24.3 Å². The van der Waals surface area contributed by atoms with Crippen LogP contribution in [0.2, 0.25) is 0 Å². The number of anilines is 1.